The molecule has 1 unspecified atom stereocenters. The number of fused-ring (bicyclic) bond motifs is 9. The van der Waals surface area contributed by atoms with Crippen LogP contribution in [-0.2, 0) is 10.8 Å². The maximum Gasteiger partial charge on any atom is 0.0543 e. The van der Waals surface area contributed by atoms with Crippen LogP contribution in [0, 0.1) is 0 Å². The van der Waals surface area contributed by atoms with Crippen LogP contribution in [0.1, 0.15) is 72.6 Å². The molecule has 1 aromatic heterocycles. The smallest absolute Gasteiger partial charge is 0.0543 e. The molecule has 1 heteroatoms. The topological polar surface area (TPSA) is 4.93 Å². The van der Waals surface area contributed by atoms with Gasteiger partial charge in [0.1, 0.15) is 0 Å². The number of nitrogens with zero attached hydrogens (tertiary/aromatic N) is 1. The first-order chi connectivity index (χ1) is 27.3. The quantitative estimate of drug-likeness (QED) is 0.156. The van der Waals surface area contributed by atoms with Crippen molar-refractivity contribution in [3.05, 3.63) is 221 Å². The van der Waals surface area contributed by atoms with Crippen molar-refractivity contribution in [1.82, 2.24) is 4.57 Å². The first-order valence-corrected chi connectivity index (χ1v) is 20.0. The van der Waals surface area contributed by atoms with Gasteiger partial charge in [0.2, 0.25) is 0 Å². The van der Waals surface area contributed by atoms with E-state index in [1.165, 1.54) is 99.8 Å². The summed E-state index contributed by atoms with van der Waals surface area (Å²) in [7, 11) is 0. The Morgan fingerprint density at radius 2 is 0.911 bits per heavy atom. The molecule has 1 nitrogen and oxygen atoms in total. The molecule has 0 saturated carbocycles. The van der Waals surface area contributed by atoms with E-state index in [4.69, 9.17) is 0 Å². The van der Waals surface area contributed by atoms with Crippen LogP contribution in [0.25, 0.3) is 60.9 Å². The molecule has 0 saturated heterocycles. The molecule has 0 N–H and O–H groups in total. The molecule has 0 spiro atoms. The summed E-state index contributed by atoms with van der Waals surface area (Å²) in [4.78, 5) is 0. The number of aromatic nitrogens is 1. The molecule has 2 aliphatic carbocycles. The largest absolute Gasteiger partial charge is 0.309 e. The monoisotopic (exact) mass is 717 g/mol. The molecular weight excluding hydrogens is 675 g/mol. The van der Waals surface area contributed by atoms with E-state index in [9.17, 15) is 0 Å². The average molecular weight is 718 g/mol. The molecule has 0 aliphatic heterocycles. The van der Waals surface area contributed by atoms with Crippen LogP contribution in [0.15, 0.2) is 182 Å². The molecule has 1 atom stereocenters. The second kappa shape index (κ2) is 12.0. The SMILES string of the molecule is CC1(C)c2ccccc2-c2ccc(-c3ccc(C(c4ccccc4)c4ccc5c(c4)C(C)(C)c4cccc(-n6c7ccccc7c7ccccc76)c4-5)cc3)cc21. The summed E-state index contributed by atoms with van der Waals surface area (Å²) in [6, 6.07) is 68.2. The van der Waals surface area contributed by atoms with Gasteiger partial charge in [-0.15, -0.1) is 0 Å². The zero-order valence-corrected chi connectivity index (χ0v) is 32.3. The van der Waals surface area contributed by atoms with Gasteiger partial charge in [-0.05, 0) is 91.0 Å². The van der Waals surface area contributed by atoms with Crippen LogP contribution in [0.3, 0.4) is 0 Å². The molecule has 8 aromatic carbocycles. The lowest BCUT2D eigenvalue weighted by molar-refractivity contribution is 0.658. The van der Waals surface area contributed by atoms with Crippen molar-refractivity contribution >= 4 is 21.8 Å². The van der Waals surface area contributed by atoms with Gasteiger partial charge in [0, 0.05) is 33.1 Å². The van der Waals surface area contributed by atoms with Crippen molar-refractivity contribution < 1.29 is 0 Å². The van der Waals surface area contributed by atoms with Crippen LogP contribution in [0.4, 0.5) is 0 Å². The standard InChI is InChI=1S/C55H43N/c1-54(2)45-20-11-8-17-40(45)41-31-29-38(33-47(41)54)35-25-27-37(28-26-35)52(36-15-6-5-7-16-36)39-30-32-44-48(34-39)55(3,4)46-21-14-24-51(53(44)46)56-49-22-12-9-18-42(49)43-19-10-13-23-50(43)56/h5-34,52H,1-4H3. The molecule has 0 amide bonds. The summed E-state index contributed by atoms with van der Waals surface area (Å²) in [5.74, 6) is 0.0975. The molecule has 2 aliphatic rings. The summed E-state index contributed by atoms with van der Waals surface area (Å²) in [6.45, 7) is 9.52. The Labute approximate surface area is 329 Å². The first kappa shape index (κ1) is 32.9. The van der Waals surface area contributed by atoms with Gasteiger partial charge in [-0.25, -0.2) is 0 Å². The number of para-hydroxylation sites is 2. The fraction of sp³-hybridized carbons (Fsp3) is 0.127. The third kappa shape index (κ3) is 4.67. The molecular formula is C55H43N. The maximum absolute atomic E-state index is 2.51. The van der Waals surface area contributed by atoms with Gasteiger partial charge in [0.05, 0.1) is 16.7 Å². The van der Waals surface area contributed by atoms with E-state index in [1.54, 1.807) is 0 Å². The molecule has 1 heterocycles. The lowest BCUT2D eigenvalue weighted by Gasteiger charge is -2.25. The highest BCUT2D eigenvalue weighted by Gasteiger charge is 2.39. The van der Waals surface area contributed by atoms with E-state index >= 15 is 0 Å². The molecule has 0 radical (unpaired) electrons. The van der Waals surface area contributed by atoms with Crippen LogP contribution in [0.2, 0.25) is 0 Å². The van der Waals surface area contributed by atoms with Crippen molar-refractivity contribution in [3.63, 3.8) is 0 Å². The van der Waals surface area contributed by atoms with E-state index in [2.05, 4.69) is 214 Å². The van der Waals surface area contributed by atoms with E-state index in [-0.39, 0.29) is 16.7 Å². The molecule has 56 heavy (non-hydrogen) atoms. The van der Waals surface area contributed by atoms with E-state index < -0.39 is 0 Å². The van der Waals surface area contributed by atoms with Gasteiger partial charge in [-0.2, -0.15) is 0 Å². The molecule has 9 aromatic rings. The summed E-state index contributed by atoms with van der Waals surface area (Å²) < 4.78 is 2.48. The van der Waals surface area contributed by atoms with Crippen LogP contribution < -0.4 is 0 Å². The van der Waals surface area contributed by atoms with Crippen molar-refractivity contribution in [1.29, 1.82) is 0 Å². The molecule has 0 fully saturated rings. The molecule has 11 rings (SSSR count). The zero-order chi connectivity index (χ0) is 37.8. The fourth-order valence-corrected chi connectivity index (χ4v) is 10.3. The van der Waals surface area contributed by atoms with E-state index in [0.717, 1.165) is 0 Å². The van der Waals surface area contributed by atoms with E-state index in [1.807, 2.05) is 0 Å². The Bertz CT molecular complexity index is 2960. The fourth-order valence-electron chi connectivity index (χ4n) is 10.3. The van der Waals surface area contributed by atoms with Crippen LogP contribution in [-0.4, -0.2) is 4.57 Å². The Balaban J connectivity index is 1.02. The minimum absolute atomic E-state index is 0.0223. The highest BCUT2D eigenvalue weighted by molar-refractivity contribution is 6.10. The third-order valence-electron chi connectivity index (χ3n) is 13.2. The summed E-state index contributed by atoms with van der Waals surface area (Å²) in [5.41, 5.74) is 21.0. The highest BCUT2D eigenvalue weighted by Crippen LogP contribution is 2.53. The minimum Gasteiger partial charge on any atom is -0.309 e. The van der Waals surface area contributed by atoms with Gasteiger partial charge >= 0.3 is 0 Å². The molecule has 268 valence electrons. The van der Waals surface area contributed by atoms with Gasteiger partial charge in [0.25, 0.3) is 0 Å². The minimum atomic E-state index is -0.165. The lowest BCUT2D eigenvalue weighted by atomic mass is 9.79. The Morgan fingerprint density at radius 1 is 0.375 bits per heavy atom. The number of benzene rings is 8. The van der Waals surface area contributed by atoms with Crippen LogP contribution in [0.5, 0.6) is 0 Å². The van der Waals surface area contributed by atoms with Gasteiger partial charge in [0.15, 0.2) is 0 Å². The number of rotatable bonds is 5. The normalized spacial score (nSPS) is 15.0. The third-order valence-corrected chi connectivity index (χ3v) is 13.2. The Kier molecular flexibility index (Phi) is 7.08. The van der Waals surface area contributed by atoms with Crippen molar-refractivity contribution in [2.45, 2.75) is 44.4 Å². The van der Waals surface area contributed by atoms with Gasteiger partial charge < -0.3 is 4.57 Å². The van der Waals surface area contributed by atoms with Crippen LogP contribution >= 0.6 is 0 Å². The summed E-state index contributed by atoms with van der Waals surface area (Å²) in [5, 5.41) is 2.58. The Morgan fingerprint density at radius 3 is 1.66 bits per heavy atom. The maximum atomic E-state index is 2.51. The van der Waals surface area contributed by atoms with E-state index in [0.29, 0.717) is 0 Å². The lowest BCUT2D eigenvalue weighted by Crippen LogP contribution is -2.16. The number of hydrogen-bond acceptors (Lipinski definition) is 0. The summed E-state index contributed by atoms with van der Waals surface area (Å²) in [6.07, 6.45) is 0. The second-order valence-electron chi connectivity index (χ2n) is 16.9. The first-order valence-electron chi connectivity index (χ1n) is 20.0. The molecule has 0 bridgehead atoms. The number of hydrogen-bond donors (Lipinski definition) is 0. The predicted molar refractivity (Wildman–Crippen MR) is 235 cm³/mol. The Hall–Kier alpha value is -6.44. The second-order valence-corrected chi connectivity index (χ2v) is 16.9. The average Bonchev–Trinajstić information content (AvgIpc) is 3.78. The van der Waals surface area contributed by atoms with Crippen molar-refractivity contribution in [2.75, 3.05) is 0 Å². The predicted octanol–water partition coefficient (Wildman–Crippen LogP) is 14.2. The van der Waals surface area contributed by atoms with Gasteiger partial charge in [-0.1, -0.05) is 185 Å². The van der Waals surface area contributed by atoms with Crippen molar-refractivity contribution in [3.8, 4) is 39.1 Å². The van der Waals surface area contributed by atoms with Gasteiger partial charge in [-0.3, -0.25) is 0 Å². The highest BCUT2D eigenvalue weighted by atomic mass is 15.0. The van der Waals surface area contributed by atoms with Crippen molar-refractivity contribution in [2.24, 2.45) is 0 Å². The summed E-state index contributed by atoms with van der Waals surface area (Å²) >= 11 is 0. The zero-order valence-electron chi connectivity index (χ0n) is 32.3.